The Morgan fingerprint density at radius 1 is 1.00 bits per heavy atom. The molecule has 1 saturated heterocycles. The van der Waals surface area contributed by atoms with Crippen LogP contribution < -0.4 is 10.1 Å². The molecule has 1 N–H and O–H groups in total. The Labute approximate surface area is 149 Å². The van der Waals surface area contributed by atoms with Crippen LogP contribution in [0.15, 0.2) is 48.5 Å². The Kier molecular flexibility index (Phi) is 6.07. The molecule has 25 heavy (non-hydrogen) atoms. The highest BCUT2D eigenvalue weighted by Crippen LogP contribution is 2.18. The molecule has 0 unspecified atom stereocenters. The van der Waals surface area contributed by atoms with E-state index in [0.29, 0.717) is 17.9 Å². The molecule has 0 saturated carbocycles. The number of carbonyl (C=O) groups is 1. The van der Waals surface area contributed by atoms with E-state index >= 15 is 0 Å². The Morgan fingerprint density at radius 2 is 1.68 bits per heavy atom. The average Bonchev–Trinajstić information content (AvgIpc) is 2.68. The van der Waals surface area contributed by atoms with Crippen LogP contribution in [0, 0.1) is 0 Å². The fraction of sp³-hybridized carbons (Fsp3) is 0.381. The van der Waals surface area contributed by atoms with Gasteiger partial charge in [-0.05, 0) is 49.2 Å². The highest BCUT2D eigenvalue weighted by Gasteiger charge is 2.14. The highest BCUT2D eigenvalue weighted by molar-refractivity contribution is 5.96. The number of rotatable bonds is 6. The summed E-state index contributed by atoms with van der Waals surface area (Å²) in [5.74, 6) is 0.492. The van der Waals surface area contributed by atoms with Crippen LogP contribution in [0.2, 0.25) is 0 Å². The summed E-state index contributed by atoms with van der Waals surface area (Å²) in [5, 5.41) is 3.03. The number of amides is 1. The van der Waals surface area contributed by atoms with Crippen LogP contribution in [0.5, 0.6) is 5.75 Å². The van der Waals surface area contributed by atoms with Crippen LogP contribution in [-0.2, 0) is 13.1 Å². The monoisotopic (exact) mass is 338 g/mol. The van der Waals surface area contributed by atoms with Gasteiger partial charge in [0.15, 0.2) is 0 Å². The van der Waals surface area contributed by atoms with Crippen LogP contribution in [0.3, 0.4) is 0 Å². The molecule has 2 aromatic rings. The number of carbonyl (C=O) groups excluding carboxylic acids is 1. The zero-order chi connectivity index (χ0) is 17.5. The summed E-state index contributed by atoms with van der Waals surface area (Å²) in [6, 6.07) is 15.7. The van der Waals surface area contributed by atoms with Crippen LogP contribution in [0.1, 0.15) is 40.7 Å². The average molecular weight is 338 g/mol. The Balaban J connectivity index is 1.65. The molecule has 0 aliphatic carbocycles. The van der Waals surface area contributed by atoms with Crippen LogP contribution in [-0.4, -0.2) is 31.0 Å². The maximum Gasteiger partial charge on any atom is 0.255 e. The van der Waals surface area contributed by atoms with Crippen LogP contribution >= 0.6 is 0 Å². The third kappa shape index (κ3) is 4.60. The maximum atomic E-state index is 12.5. The Bertz CT molecular complexity index is 709. The van der Waals surface area contributed by atoms with Gasteiger partial charge in [0.2, 0.25) is 0 Å². The third-order valence-electron chi connectivity index (χ3n) is 4.75. The Morgan fingerprint density at radius 3 is 2.44 bits per heavy atom. The lowest BCUT2D eigenvalue weighted by Gasteiger charge is -2.27. The third-order valence-corrected chi connectivity index (χ3v) is 4.75. The smallest absolute Gasteiger partial charge is 0.255 e. The van der Waals surface area contributed by atoms with E-state index in [2.05, 4.69) is 28.4 Å². The van der Waals surface area contributed by atoms with Crippen molar-refractivity contribution in [3.05, 3.63) is 65.2 Å². The molecule has 2 aromatic carbocycles. The van der Waals surface area contributed by atoms with Crippen molar-refractivity contribution in [3.63, 3.8) is 0 Å². The number of likely N-dealkylation sites (tertiary alicyclic amines) is 1. The summed E-state index contributed by atoms with van der Waals surface area (Å²) in [7, 11) is 1.58. The summed E-state index contributed by atoms with van der Waals surface area (Å²) in [4.78, 5) is 15.0. The molecule has 3 rings (SSSR count). The molecule has 1 aliphatic rings. The number of ether oxygens (including phenoxy) is 1. The lowest BCUT2D eigenvalue weighted by Crippen LogP contribution is -2.30. The van der Waals surface area contributed by atoms with Crippen molar-refractivity contribution < 1.29 is 9.53 Å². The minimum absolute atomic E-state index is 0.106. The molecule has 0 atom stereocenters. The van der Waals surface area contributed by atoms with Crippen molar-refractivity contribution in [2.24, 2.45) is 0 Å². The topological polar surface area (TPSA) is 41.6 Å². The maximum absolute atomic E-state index is 12.5. The van der Waals surface area contributed by atoms with Gasteiger partial charge in [-0.3, -0.25) is 9.69 Å². The van der Waals surface area contributed by atoms with Gasteiger partial charge in [0.25, 0.3) is 5.91 Å². The number of piperidine rings is 1. The van der Waals surface area contributed by atoms with Gasteiger partial charge in [0.05, 0.1) is 12.7 Å². The van der Waals surface area contributed by atoms with Gasteiger partial charge in [-0.25, -0.2) is 0 Å². The summed E-state index contributed by atoms with van der Waals surface area (Å²) in [5.41, 5.74) is 3.04. The number of benzene rings is 2. The molecule has 0 aromatic heterocycles. The molecule has 1 amide bonds. The predicted octanol–water partition coefficient (Wildman–Crippen LogP) is 3.61. The molecular formula is C21H26N2O2. The normalized spacial score (nSPS) is 14.9. The summed E-state index contributed by atoms with van der Waals surface area (Å²) >= 11 is 0. The van der Waals surface area contributed by atoms with Crippen molar-refractivity contribution >= 4 is 5.91 Å². The van der Waals surface area contributed by atoms with E-state index in [1.807, 2.05) is 18.2 Å². The van der Waals surface area contributed by atoms with Gasteiger partial charge in [-0.15, -0.1) is 0 Å². The largest absolute Gasteiger partial charge is 0.496 e. The number of nitrogens with zero attached hydrogens (tertiary/aromatic N) is 1. The zero-order valence-corrected chi connectivity index (χ0v) is 14.8. The molecule has 1 aliphatic heterocycles. The van der Waals surface area contributed by atoms with Crippen LogP contribution in [0.4, 0.5) is 0 Å². The van der Waals surface area contributed by atoms with Gasteiger partial charge in [-0.1, -0.05) is 42.8 Å². The van der Waals surface area contributed by atoms with Crippen LogP contribution in [0.25, 0.3) is 0 Å². The summed E-state index contributed by atoms with van der Waals surface area (Å²) in [6.45, 7) is 3.82. The quantitative estimate of drug-likeness (QED) is 0.875. The van der Waals surface area contributed by atoms with E-state index in [-0.39, 0.29) is 5.91 Å². The predicted molar refractivity (Wildman–Crippen MR) is 99.7 cm³/mol. The molecule has 132 valence electrons. The van der Waals surface area contributed by atoms with Gasteiger partial charge in [0, 0.05) is 13.1 Å². The summed E-state index contributed by atoms with van der Waals surface area (Å²) in [6.07, 6.45) is 3.91. The first-order chi connectivity index (χ1) is 12.3. The lowest BCUT2D eigenvalue weighted by molar-refractivity contribution is 0.0947. The van der Waals surface area contributed by atoms with E-state index in [1.54, 1.807) is 19.2 Å². The van der Waals surface area contributed by atoms with E-state index in [9.17, 15) is 4.79 Å². The minimum Gasteiger partial charge on any atom is -0.496 e. The first-order valence-electron chi connectivity index (χ1n) is 8.98. The fourth-order valence-electron chi connectivity index (χ4n) is 3.35. The number of hydrogen-bond acceptors (Lipinski definition) is 3. The molecule has 1 heterocycles. The van der Waals surface area contributed by atoms with Crippen molar-refractivity contribution in [1.29, 1.82) is 0 Å². The Hall–Kier alpha value is -2.33. The number of hydrogen-bond donors (Lipinski definition) is 1. The second-order valence-corrected chi connectivity index (χ2v) is 6.49. The standard InChI is InChI=1S/C21H26N2O2/c1-25-20-12-6-5-11-19(20)21(24)22-15-17-9-3-4-10-18(17)16-23-13-7-2-8-14-23/h3-6,9-12H,2,7-8,13-16H2,1H3,(H,22,24). The van der Waals surface area contributed by atoms with E-state index in [0.717, 1.165) is 6.54 Å². The molecular weight excluding hydrogens is 312 g/mol. The van der Waals surface area contributed by atoms with Gasteiger partial charge in [-0.2, -0.15) is 0 Å². The van der Waals surface area contributed by atoms with Gasteiger partial charge >= 0.3 is 0 Å². The molecule has 1 fully saturated rings. The number of para-hydroxylation sites is 1. The fourth-order valence-corrected chi connectivity index (χ4v) is 3.35. The van der Waals surface area contributed by atoms with Gasteiger partial charge in [0.1, 0.15) is 5.75 Å². The number of methoxy groups -OCH3 is 1. The van der Waals surface area contributed by atoms with E-state index in [1.165, 1.54) is 43.5 Å². The minimum atomic E-state index is -0.106. The molecule has 4 heteroatoms. The number of nitrogens with one attached hydrogen (secondary N) is 1. The second-order valence-electron chi connectivity index (χ2n) is 6.49. The van der Waals surface area contributed by atoms with Crippen molar-refractivity contribution in [1.82, 2.24) is 10.2 Å². The summed E-state index contributed by atoms with van der Waals surface area (Å²) < 4.78 is 5.28. The first kappa shape index (κ1) is 17.5. The van der Waals surface area contributed by atoms with Gasteiger partial charge < -0.3 is 10.1 Å². The van der Waals surface area contributed by atoms with E-state index in [4.69, 9.17) is 4.74 Å². The molecule has 0 radical (unpaired) electrons. The SMILES string of the molecule is COc1ccccc1C(=O)NCc1ccccc1CN1CCCCC1. The lowest BCUT2D eigenvalue weighted by atomic mass is 10.0. The first-order valence-corrected chi connectivity index (χ1v) is 8.98. The second kappa shape index (κ2) is 8.67. The molecule has 0 spiro atoms. The van der Waals surface area contributed by atoms with Crippen molar-refractivity contribution in [2.45, 2.75) is 32.4 Å². The highest BCUT2D eigenvalue weighted by atomic mass is 16.5. The van der Waals surface area contributed by atoms with Crippen molar-refractivity contribution in [3.8, 4) is 5.75 Å². The molecule has 0 bridgehead atoms. The molecule has 4 nitrogen and oxygen atoms in total. The zero-order valence-electron chi connectivity index (χ0n) is 14.8. The van der Waals surface area contributed by atoms with Crippen molar-refractivity contribution in [2.75, 3.05) is 20.2 Å². The van der Waals surface area contributed by atoms with E-state index < -0.39 is 0 Å².